The summed E-state index contributed by atoms with van der Waals surface area (Å²) in [6.45, 7) is 6.97. The number of hydrogen-bond donors (Lipinski definition) is 1. The summed E-state index contributed by atoms with van der Waals surface area (Å²) in [7, 11) is 0. The molecule has 5 heteroatoms. The Morgan fingerprint density at radius 3 is 2.94 bits per heavy atom. The Kier molecular flexibility index (Phi) is 3.91. The zero-order valence-electron chi connectivity index (χ0n) is 10.4. The molecule has 92 valence electrons. The number of hydrogen-bond acceptors (Lipinski definition) is 5. The molecule has 0 aliphatic carbocycles. The molecule has 1 atom stereocenters. The van der Waals surface area contributed by atoms with Crippen LogP contribution in [0.25, 0.3) is 11.4 Å². The van der Waals surface area contributed by atoms with Gasteiger partial charge in [-0.3, -0.25) is 0 Å². The average Bonchev–Trinajstić information content (AvgIpc) is 2.94. The Balaban J connectivity index is 2.04. The molecule has 4 nitrogen and oxygen atoms in total. The highest BCUT2D eigenvalue weighted by Gasteiger charge is 2.11. The summed E-state index contributed by atoms with van der Waals surface area (Å²) in [5.74, 6) is 1.33. The maximum atomic E-state index is 5.22. The van der Waals surface area contributed by atoms with E-state index in [9.17, 15) is 0 Å². The van der Waals surface area contributed by atoms with Gasteiger partial charge in [0.15, 0.2) is 0 Å². The lowest BCUT2D eigenvalue weighted by Gasteiger charge is -2.07. The van der Waals surface area contributed by atoms with Gasteiger partial charge < -0.3 is 9.84 Å². The summed E-state index contributed by atoms with van der Waals surface area (Å²) in [4.78, 5) is 4.39. The van der Waals surface area contributed by atoms with E-state index in [1.165, 1.54) is 5.56 Å². The van der Waals surface area contributed by atoms with Crippen molar-refractivity contribution >= 4 is 11.3 Å². The van der Waals surface area contributed by atoms with Gasteiger partial charge in [0, 0.05) is 17.0 Å². The van der Waals surface area contributed by atoms with Gasteiger partial charge in [-0.1, -0.05) is 12.1 Å². The van der Waals surface area contributed by atoms with Crippen molar-refractivity contribution < 1.29 is 4.52 Å². The SMILES string of the molecule is CCC(C)NCc1nc(-c2cscc2C)no1. The molecule has 2 aromatic rings. The summed E-state index contributed by atoms with van der Waals surface area (Å²) in [6, 6.07) is 0.466. The predicted octanol–water partition coefficient (Wildman–Crippen LogP) is 2.99. The number of nitrogens with zero attached hydrogens (tertiary/aromatic N) is 2. The van der Waals surface area contributed by atoms with Crippen molar-refractivity contribution in [3.8, 4) is 11.4 Å². The molecule has 0 fully saturated rings. The van der Waals surface area contributed by atoms with Crippen LogP contribution in [0.3, 0.4) is 0 Å². The van der Waals surface area contributed by atoms with Gasteiger partial charge >= 0.3 is 0 Å². The highest BCUT2D eigenvalue weighted by molar-refractivity contribution is 7.08. The van der Waals surface area contributed by atoms with Crippen LogP contribution >= 0.6 is 11.3 Å². The first-order valence-electron chi connectivity index (χ1n) is 5.79. The minimum Gasteiger partial charge on any atom is -0.338 e. The van der Waals surface area contributed by atoms with E-state index in [0.717, 1.165) is 12.0 Å². The highest BCUT2D eigenvalue weighted by atomic mass is 32.1. The first-order valence-corrected chi connectivity index (χ1v) is 6.74. The molecule has 1 N–H and O–H groups in total. The van der Waals surface area contributed by atoms with Crippen molar-refractivity contribution in [2.24, 2.45) is 0 Å². The van der Waals surface area contributed by atoms with Crippen molar-refractivity contribution in [1.82, 2.24) is 15.5 Å². The lowest BCUT2D eigenvalue weighted by Crippen LogP contribution is -2.24. The van der Waals surface area contributed by atoms with E-state index in [1.807, 2.05) is 5.38 Å². The monoisotopic (exact) mass is 251 g/mol. The molecule has 0 aliphatic heterocycles. The molecule has 0 bridgehead atoms. The Morgan fingerprint density at radius 1 is 1.47 bits per heavy atom. The molecule has 0 saturated carbocycles. The van der Waals surface area contributed by atoms with E-state index in [4.69, 9.17) is 4.52 Å². The quantitative estimate of drug-likeness (QED) is 0.887. The van der Waals surface area contributed by atoms with Crippen molar-refractivity contribution in [3.63, 3.8) is 0 Å². The molecule has 0 radical (unpaired) electrons. The molecular weight excluding hydrogens is 234 g/mol. The molecule has 1 unspecified atom stereocenters. The van der Waals surface area contributed by atoms with Gasteiger partial charge in [-0.2, -0.15) is 16.3 Å². The molecule has 0 saturated heterocycles. The molecule has 0 aliphatic rings. The average molecular weight is 251 g/mol. The van der Waals surface area contributed by atoms with Crippen molar-refractivity contribution in [2.45, 2.75) is 39.8 Å². The van der Waals surface area contributed by atoms with Crippen molar-refractivity contribution in [2.75, 3.05) is 0 Å². The second-order valence-electron chi connectivity index (χ2n) is 4.17. The number of nitrogens with one attached hydrogen (secondary N) is 1. The third kappa shape index (κ3) is 2.92. The van der Waals surface area contributed by atoms with E-state index in [2.05, 4.69) is 41.6 Å². The smallest absolute Gasteiger partial charge is 0.240 e. The van der Waals surface area contributed by atoms with E-state index >= 15 is 0 Å². The fraction of sp³-hybridized carbons (Fsp3) is 0.500. The van der Waals surface area contributed by atoms with Gasteiger partial charge in [-0.05, 0) is 31.2 Å². The molecular formula is C12H17N3OS. The van der Waals surface area contributed by atoms with Crippen LogP contribution in [0.2, 0.25) is 0 Å². The molecule has 17 heavy (non-hydrogen) atoms. The third-order valence-corrected chi connectivity index (χ3v) is 3.64. The predicted molar refractivity (Wildman–Crippen MR) is 68.9 cm³/mol. The molecule has 2 aromatic heterocycles. The van der Waals surface area contributed by atoms with E-state index < -0.39 is 0 Å². The Labute approximate surface area is 105 Å². The van der Waals surface area contributed by atoms with Gasteiger partial charge in [-0.25, -0.2) is 0 Å². The van der Waals surface area contributed by atoms with E-state index in [0.29, 0.717) is 24.3 Å². The van der Waals surface area contributed by atoms with Gasteiger partial charge in [0.2, 0.25) is 11.7 Å². The van der Waals surface area contributed by atoms with Crippen LogP contribution in [0.15, 0.2) is 15.3 Å². The van der Waals surface area contributed by atoms with Crippen LogP contribution in [0.5, 0.6) is 0 Å². The standard InChI is InChI=1S/C12H17N3OS/c1-4-9(3)13-5-11-14-12(15-16-11)10-7-17-6-8(10)2/h6-7,9,13H,4-5H2,1-3H3. The minimum atomic E-state index is 0.466. The third-order valence-electron chi connectivity index (χ3n) is 2.78. The van der Waals surface area contributed by atoms with E-state index in [1.54, 1.807) is 11.3 Å². The van der Waals surface area contributed by atoms with Crippen molar-refractivity contribution in [3.05, 3.63) is 22.2 Å². The largest absolute Gasteiger partial charge is 0.338 e. The number of aromatic nitrogens is 2. The fourth-order valence-electron chi connectivity index (χ4n) is 1.43. The number of thiophene rings is 1. The van der Waals surface area contributed by atoms with Crippen LogP contribution in [0.4, 0.5) is 0 Å². The summed E-state index contributed by atoms with van der Waals surface area (Å²) >= 11 is 1.65. The first kappa shape index (κ1) is 12.3. The van der Waals surface area contributed by atoms with Gasteiger partial charge in [0.05, 0.1) is 6.54 Å². The lowest BCUT2D eigenvalue weighted by atomic mass is 10.2. The van der Waals surface area contributed by atoms with Gasteiger partial charge in [-0.15, -0.1) is 0 Å². The normalized spacial score (nSPS) is 12.9. The summed E-state index contributed by atoms with van der Waals surface area (Å²) in [5.41, 5.74) is 2.26. The second-order valence-corrected chi connectivity index (χ2v) is 4.91. The molecule has 2 rings (SSSR count). The molecule has 0 aromatic carbocycles. The van der Waals surface area contributed by atoms with Crippen LogP contribution in [0, 0.1) is 6.92 Å². The van der Waals surface area contributed by atoms with Crippen LogP contribution in [-0.4, -0.2) is 16.2 Å². The maximum absolute atomic E-state index is 5.22. The second kappa shape index (κ2) is 5.42. The topological polar surface area (TPSA) is 51.0 Å². The zero-order chi connectivity index (χ0) is 12.3. The van der Waals surface area contributed by atoms with Crippen LogP contribution < -0.4 is 5.32 Å². The summed E-state index contributed by atoms with van der Waals surface area (Å²) in [6.07, 6.45) is 1.09. The minimum absolute atomic E-state index is 0.466. The maximum Gasteiger partial charge on any atom is 0.240 e. The molecule has 2 heterocycles. The van der Waals surface area contributed by atoms with Gasteiger partial charge in [0.25, 0.3) is 0 Å². The van der Waals surface area contributed by atoms with Crippen LogP contribution in [-0.2, 0) is 6.54 Å². The molecule has 0 amide bonds. The highest BCUT2D eigenvalue weighted by Crippen LogP contribution is 2.23. The lowest BCUT2D eigenvalue weighted by molar-refractivity contribution is 0.358. The summed E-state index contributed by atoms with van der Waals surface area (Å²) in [5, 5.41) is 11.5. The van der Waals surface area contributed by atoms with Gasteiger partial charge in [0.1, 0.15) is 0 Å². The molecule has 0 spiro atoms. The fourth-order valence-corrected chi connectivity index (χ4v) is 2.26. The van der Waals surface area contributed by atoms with Crippen molar-refractivity contribution in [1.29, 1.82) is 0 Å². The van der Waals surface area contributed by atoms with E-state index in [-0.39, 0.29) is 0 Å². The Morgan fingerprint density at radius 2 is 2.29 bits per heavy atom. The number of aryl methyl sites for hydroxylation is 1. The Hall–Kier alpha value is -1.20. The summed E-state index contributed by atoms with van der Waals surface area (Å²) < 4.78 is 5.22. The zero-order valence-corrected chi connectivity index (χ0v) is 11.2. The first-order chi connectivity index (χ1) is 8.20. The van der Waals surface area contributed by atoms with Crippen LogP contribution in [0.1, 0.15) is 31.7 Å². The number of rotatable bonds is 5. The Bertz CT molecular complexity index is 478.